The van der Waals surface area contributed by atoms with Crippen LogP contribution < -0.4 is 9.47 Å². The number of hydrogen-bond donors (Lipinski definition) is 1. The topological polar surface area (TPSA) is 57.2 Å². The number of methoxy groups -OCH3 is 2. The maximum Gasteiger partial charge on any atom is 0.188 e. The fourth-order valence-corrected chi connectivity index (χ4v) is 3.79. The normalized spacial score (nSPS) is 11.2. The summed E-state index contributed by atoms with van der Waals surface area (Å²) in [7, 11) is 3.17. The molecule has 30 heavy (non-hydrogen) atoms. The SMILES string of the molecule is COCOc1ccc2ccccc2c1-c1c(OCOC)c(CO)cc2ccccc12. The fraction of sp³-hybridized carbons (Fsp3) is 0.200. The van der Waals surface area contributed by atoms with E-state index in [1.807, 2.05) is 54.6 Å². The Morgan fingerprint density at radius 1 is 0.700 bits per heavy atom. The molecule has 1 N–H and O–H groups in total. The lowest BCUT2D eigenvalue weighted by Gasteiger charge is -2.21. The first-order chi connectivity index (χ1) is 14.8. The summed E-state index contributed by atoms with van der Waals surface area (Å²) in [6, 6.07) is 22.1. The van der Waals surface area contributed by atoms with Gasteiger partial charge in [-0.1, -0.05) is 54.6 Å². The summed E-state index contributed by atoms with van der Waals surface area (Å²) in [5.74, 6) is 1.26. The summed E-state index contributed by atoms with van der Waals surface area (Å²) in [6.07, 6.45) is 0. The molecule has 0 aliphatic heterocycles. The van der Waals surface area contributed by atoms with Gasteiger partial charge in [0.05, 0.1) is 6.61 Å². The van der Waals surface area contributed by atoms with Gasteiger partial charge in [0, 0.05) is 30.9 Å². The lowest BCUT2D eigenvalue weighted by molar-refractivity contribution is 0.0491. The van der Waals surface area contributed by atoms with Gasteiger partial charge < -0.3 is 24.1 Å². The average Bonchev–Trinajstić information content (AvgIpc) is 2.80. The number of aliphatic hydroxyl groups is 1. The van der Waals surface area contributed by atoms with Crippen LogP contribution in [-0.4, -0.2) is 32.9 Å². The van der Waals surface area contributed by atoms with Gasteiger partial charge in [0.15, 0.2) is 13.6 Å². The Labute approximate surface area is 175 Å². The lowest BCUT2D eigenvalue weighted by atomic mass is 9.90. The van der Waals surface area contributed by atoms with E-state index in [-0.39, 0.29) is 20.2 Å². The molecule has 5 heteroatoms. The molecule has 5 nitrogen and oxygen atoms in total. The minimum atomic E-state index is -0.157. The van der Waals surface area contributed by atoms with Gasteiger partial charge in [-0.3, -0.25) is 0 Å². The molecule has 0 saturated heterocycles. The quantitative estimate of drug-likeness (QED) is 0.413. The molecule has 0 amide bonds. The van der Waals surface area contributed by atoms with Gasteiger partial charge in [-0.2, -0.15) is 0 Å². The van der Waals surface area contributed by atoms with E-state index in [0.29, 0.717) is 17.1 Å². The highest BCUT2D eigenvalue weighted by molar-refractivity contribution is 6.10. The fourth-order valence-electron chi connectivity index (χ4n) is 3.79. The minimum Gasteiger partial charge on any atom is -0.467 e. The van der Waals surface area contributed by atoms with Crippen molar-refractivity contribution in [2.45, 2.75) is 6.61 Å². The van der Waals surface area contributed by atoms with Gasteiger partial charge in [-0.25, -0.2) is 0 Å². The summed E-state index contributed by atoms with van der Waals surface area (Å²) in [6.45, 7) is 0.0322. The highest BCUT2D eigenvalue weighted by Crippen LogP contribution is 2.47. The average molecular weight is 404 g/mol. The Hall–Kier alpha value is -3.12. The van der Waals surface area contributed by atoms with Crippen molar-refractivity contribution in [3.8, 4) is 22.6 Å². The van der Waals surface area contributed by atoms with Crippen molar-refractivity contribution in [1.29, 1.82) is 0 Å². The zero-order valence-electron chi connectivity index (χ0n) is 17.1. The van der Waals surface area contributed by atoms with Crippen LogP contribution in [0.1, 0.15) is 5.56 Å². The zero-order chi connectivity index (χ0) is 20.9. The summed E-state index contributed by atoms with van der Waals surface area (Å²) in [5, 5.41) is 14.2. The van der Waals surface area contributed by atoms with Crippen molar-refractivity contribution < 1.29 is 24.1 Å². The third-order valence-electron chi connectivity index (χ3n) is 5.04. The molecule has 154 valence electrons. The standard InChI is InChI=1S/C25H24O5/c1-27-15-29-22-12-11-17-7-3-5-9-20(17)23(22)24-21-10-6-4-8-18(21)13-19(14-26)25(24)30-16-28-2/h3-13,26H,14-16H2,1-2H3. The maximum absolute atomic E-state index is 10.1. The van der Waals surface area contributed by atoms with Crippen LogP contribution in [0, 0.1) is 0 Å². The number of hydrogen-bond acceptors (Lipinski definition) is 5. The molecule has 0 aliphatic rings. The number of ether oxygens (including phenoxy) is 4. The Morgan fingerprint density at radius 2 is 1.33 bits per heavy atom. The van der Waals surface area contributed by atoms with Crippen LogP contribution in [0.5, 0.6) is 11.5 Å². The molecule has 0 aliphatic carbocycles. The molecule has 0 radical (unpaired) electrons. The van der Waals surface area contributed by atoms with E-state index in [0.717, 1.165) is 32.7 Å². The minimum absolute atomic E-state index is 0.0668. The van der Waals surface area contributed by atoms with E-state index in [1.165, 1.54) is 0 Å². The van der Waals surface area contributed by atoms with Crippen molar-refractivity contribution in [1.82, 2.24) is 0 Å². The Morgan fingerprint density at radius 3 is 2.03 bits per heavy atom. The lowest BCUT2D eigenvalue weighted by Crippen LogP contribution is -2.06. The second-order valence-electron chi connectivity index (χ2n) is 6.88. The predicted octanol–water partition coefficient (Wildman–Crippen LogP) is 5.12. The number of aliphatic hydroxyl groups excluding tert-OH is 1. The third kappa shape index (κ3) is 3.71. The predicted molar refractivity (Wildman–Crippen MR) is 118 cm³/mol. The first-order valence-electron chi connectivity index (χ1n) is 9.69. The monoisotopic (exact) mass is 404 g/mol. The Kier molecular flexibility index (Phi) is 6.14. The van der Waals surface area contributed by atoms with Crippen molar-refractivity contribution in [3.63, 3.8) is 0 Å². The Bertz CT molecular complexity index is 1170. The van der Waals surface area contributed by atoms with Crippen molar-refractivity contribution in [2.24, 2.45) is 0 Å². The molecule has 4 aromatic rings. The molecular weight excluding hydrogens is 380 g/mol. The third-order valence-corrected chi connectivity index (χ3v) is 5.04. The molecule has 0 heterocycles. The first-order valence-corrected chi connectivity index (χ1v) is 9.69. The number of fused-ring (bicyclic) bond motifs is 2. The summed E-state index contributed by atoms with van der Waals surface area (Å²) < 4.78 is 22.3. The molecule has 0 atom stereocenters. The molecule has 4 rings (SSSR count). The van der Waals surface area contributed by atoms with Gasteiger partial charge in [-0.05, 0) is 33.7 Å². The van der Waals surface area contributed by atoms with E-state index < -0.39 is 0 Å². The molecule has 0 spiro atoms. The first kappa shape index (κ1) is 20.2. The second-order valence-corrected chi connectivity index (χ2v) is 6.88. The molecular formula is C25H24O5. The molecule has 0 fully saturated rings. The van der Waals surface area contributed by atoms with Gasteiger partial charge in [0.2, 0.25) is 0 Å². The van der Waals surface area contributed by atoms with Crippen LogP contribution in [0.15, 0.2) is 66.7 Å². The van der Waals surface area contributed by atoms with Gasteiger partial charge in [0.25, 0.3) is 0 Å². The molecule has 0 saturated carbocycles. The van der Waals surface area contributed by atoms with Crippen LogP contribution in [0.4, 0.5) is 0 Å². The molecule has 0 aromatic heterocycles. The van der Waals surface area contributed by atoms with Crippen LogP contribution in [0.25, 0.3) is 32.7 Å². The summed E-state index contributed by atoms with van der Waals surface area (Å²) in [4.78, 5) is 0. The molecule has 4 aromatic carbocycles. The zero-order valence-corrected chi connectivity index (χ0v) is 17.1. The highest BCUT2D eigenvalue weighted by Gasteiger charge is 2.22. The highest BCUT2D eigenvalue weighted by atomic mass is 16.7. The number of rotatable bonds is 8. The van der Waals surface area contributed by atoms with Gasteiger partial charge in [0.1, 0.15) is 11.5 Å². The smallest absolute Gasteiger partial charge is 0.188 e. The van der Waals surface area contributed by atoms with E-state index in [2.05, 4.69) is 12.1 Å². The van der Waals surface area contributed by atoms with Crippen molar-refractivity contribution in [3.05, 3.63) is 72.3 Å². The van der Waals surface area contributed by atoms with E-state index >= 15 is 0 Å². The van der Waals surface area contributed by atoms with E-state index in [4.69, 9.17) is 18.9 Å². The van der Waals surface area contributed by atoms with Crippen LogP contribution >= 0.6 is 0 Å². The second kappa shape index (κ2) is 9.13. The van der Waals surface area contributed by atoms with Crippen molar-refractivity contribution in [2.75, 3.05) is 27.8 Å². The van der Waals surface area contributed by atoms with Crippen LogP contribution in [0.2, 0.25) is 0 Å². The van der Waals surface area contributed by atoms with Crippen LogP contribution in [0.3, 0.4) is 0 Å². The number of benzene rings is 4. The van der Waals surface area contributed by atoms with Gasteiger partial charge >= 0.3 is 0 Å². The maximum atomic E-state index is 10.1. The summed E-state index contributed by atoms with van der Waals surface area (Å²) >= 11 is 0. The summed E-state index contributed by atoms with van der Waals surface area (Å²) in [5.41, 5.74) is 2.44. The van der Waals surface area contributed by atoms with E-state index in [9.17, 15) is 5.11 Å². The Balaban J connectivity index is 2.13. The van der Waals surface area contributed by atoms with E-state index in [1.54, 1.807) is 14.2 Å². The van der Waals surface area contributed by atoms with Crippen LogP contribution in [-0.2, 0) is 16.1 Å². The molecule has 0 bridgehead atoms. The largest absolute Gasteiger partial charge is 0.467 e. The molecule has 0 unspecified atom stereocenters. The van der Waals surface area contributed by atoms with Gasteiger partial charge in [-0.15, -0.1) is 0 Å². The van der Waals surface area contributed by atoms with Crippen molar-refractivity contribution >= 4 is 21.5 Å².